The topological polar surface area (TPSA) is 42.9 Å². The number of piperidine rings is 1. The minimum absolute atomic E-state index is 0.703. The fraction of sp³-hybridized carbons (Fsp3) is 0.571. The summed E-state index contributed by atoms with van der Waals surface area (Å²) in [4.78, 5) is 9.70. The first-order chi connectivity index (χ1) is 12.8. The Kier molecular flexibility index (Phi) is 7.37. The molecule has 1 fully saturated rings. The van der Waals surface area contributed by atoms with E-state index in [2.05, 4.69) is 63.8 Å². The van der Waals surface area contributed by atoms with Gasteiger partial charge in [0.1, 0.15) is 0 Å². The third-order valence-corrected chi connectivity index (χ3v) is 5.03. The summed E-state index contributed by atoms with van der Waals surface area (Å²) in [5, 5.41) is 6.85. The van der Waals surface area contributed by atoms with Crippen LogP contribution in [0.3, 0.4) is 0 Å². The Morgan fingerprint density at radius 3 is 2.65 bits per heavy atom. The number of hydrogen-bond acceptors (Lipinski definition) is 3. The molecular formula is C21H33N5. The Morgan fingerprint density at radius 1 is 1.08 bits per heavy atom. The van der Waals surface area contributed by atoms with E-state index in [-0.39, 0.29) is 0 Å². The first kappa shape index (κ1) is 18.8. The fourth-order valence-electron chi connectivity index (χ4n) is 3.57. The van der Waals surface area contributed by atoms with E-state index >= 15 is 0 Å². The lowest BCUT2D eigenvalue weighted by Gasteiger charge is -2.26. The van der Waals surface area contributed by atoms with Gasteiger partial charge in [0.25, 0.3) is 0 Å². The molecular weight excluding hydrogens is 322 g/mol. The maximum absolute atomic E-state index is 4.78. The van der Waals surface area contributed by atoms with E-state index < -0.39 is 0 Å². The molecule has 0 aliphatic carbocycles. The van der Waals surface area contributed by atoms with Crippen molar-refractivity contribution in [3.8, 4) is 0 Å². The third-order valence-electron chi connectivity index (χ3n) is 5.03. The molecule has 0 spiro atoms. The molecule has 1 saturated heterocycles. The lowest BCUT2D eigenvalue weighted by atomic mass is 10.1. The van der Waals surface area contributed by atoms with Crippen LogP contribution in [0.25, 0.3) is 0 Å². The van der Waals surface area contributed by atoms with Crippen LogP contribution in [0.15, 0.2) is 41.4 Å². The molecule has 1 aromatic carbocycles. The zero-order chi connectivity index (χ0) is 18.0. The molecule has 1 aromatic rings. The Bertz CT molecular complexity index is 596. The van der Waals surface area contributed by atoms with Crippen molar-refractivity contribution in [2.75, 3.05) is 50.7 Å². The SMILES string of the molecule is CCNC(=NCc1cccc(N2CC=CC2)c1)NCCN1CCCCC1. The van der Waals surface area contributed by atoms with Crippen molar-refractivity contribution in [1.82, 2.24) is 15.5 Å². The van der Waals surface area contributed by atoms with Crippen LogP contribution in [-0.2, 0) is 6.54 Å². The number of nitrogens with zero attached hydrogens (tertiary/aromatic N) is 3. The van der Waals surface area contributed by atoms with Gasteiger partial charge in [0.2, 0.25) is 0 Å². The summed E-state index contributed by atoms with van der Waals surface area (Å²) in [6, 6.07) is 8.74. The van der Waals surface area contributed by atoms with Crippen LogP contribution >= 0.6 is 0 Å². The summed E-state index contributed by atoms with van der Waals surface area (Å²) in [6.45, 7) is 10.3. The minimum Gasteiger partial charge on any atom is -0.364 e. The molecule has 0 atom stereocenters. The van der Waals surface area contributed by atoms with Gasteiger partial charge in [-0.05, 0) is 50.6 Å². The molecule has 26 heavy (non-hydrogen) atoms. The third kappa shape index (κ3) is 5.77. The van der Waals surface area contributed by atoms with Crippen molar-refractivity contribution < 1.29 is 0 Å². The number of rotatable bonds is 7. The van der Waals surface area contributed by atoms with Crippen LogP contribution in [0.4, 0.5) is 5.69 Å². The van der Waals surface area contributed by atoms with Crippen LogP contribution < -0.4 is 15.5 Å². The summed E-state index contributed by atoms with van der Waals surface area (Å²) in [5.74, 6) is 0.915. The number of likely N-dealkylation sites (tertiary alicyclic amines) is 1. The zero-order valence-corrected chi connectivity index (χ0v) is 16.1. The van der Waals surface area contributed by atoms with Crippen molar-refractivity contribution >= 4 is 11.6 Å². The van der Waals surface area contributed by atoms with E-state index in [0.29, 0.717) is 6.54 Å². The van der Waals surface area contributed by atoms with Crippen LogP contribution in [0.5, 0.6) is 0 Å². The van der Waals surface area contributed by atoms with Gasteiger partial charge in [-0.1, -0.05) is 30.7 Å². The van der Waals surface area contributed by atoms with Crippen molar-refractivity contribution in [2.45, 2.75) is 32.7 Å². The number of benzene rings is 1. The fourth-order valence-corrected chi connectivity index (χ4v) is 3.57. The molecule has 5 heteroatoms. The van der Waals surface area contributed by atoms with Crippen molar-refractivity contribution in [3.05, 3.63) is 42.0 Å². The van der Waals surface area contributed by atoms with Gasteiger partial charge in [0, 0.05) is 38.4 Å². The van der Waals surface area contributed by atoms with E-state index in [0.717, 1.165) is 38.7 Å². The van der Waals surface area contributed by atoms with Crippen molar-refractivity contribution in [3.63, 3.8) is 0 Å². The Morgan fingerprint density at radius 2 is 1.88 bits per heavy atom. The summed E-state index contributed by atoms with van der Waals surface area (Å²) in [7, 11) is 0. The highest BCUT2D eigenvalue weighted by Crippen LogP contribution is 2.18. The average molecular weight is 356 g/mol. The van der Waals surface area contributed by atoms with Crippen LogP contribution in [0.2, 0.25) is 0 Å². The van der Waals surface area contributed by atoms with Crippen LogP contribution in [0.1, 0.15) is 31.7 Å². The van der Waals surface area contributed by atoms with Gasteiger partial charge in [-0.2, -0.15) is 0 Å². The number of guanidine groups is 1. The predicted molar refractivity (Wildman–Crippen MR) is 111 cm³/mol. The second-order valence-electron chi connectivity index (χ2n) is 7.07. The summed E-state index contributed by atoms with van der Waals surface area (Å²) >= 11 is 0. The summed E-state index contributed by atoms with van der Waals surface area (Å²) < 4.78 is 0. The average Bonchev–Trinajstić information content (AvgIpc) is 3.22. The Labute approximate surface area is 158 Å². The molecule has 2 N–H and O–H groups in total. The quantitative estimate of drug-likeness (QED) is 0.448. The molecule has 2 heterocycles. The highest BCUT2D eigenvalue weighted by atomic mass is 15.2. The molecule has 0 aromatic heterocycles. The molecule has 0 saturated carbocycles. The van der Waals surface area contributed by atoms with Gasteiger partial charge < -0.3 is 20.4 Å². The van der Waals surface area contributed by atoms with Gasteiger partial charge in [0.15, 0.2) is 5.96 Å². The largest absolute Gasteiger partial charge is 0.364 e. The highest BCUT2D eigenvalue weighted by molar-refractivity contribution is 5.79. The van der Waals surface area contributed by atoms with Gasteiger partial charge in [-0.15, -0.1) is 0 Å². The normalized spacial score (nSPS) is 18.3. The second kappa shape index (κ2) is 10.2. The molecule has 0 amide bonds. The molecule has 0 radical (unpaired) electrons. The monoisotopic (exact) mass is 355 g/mol. The van der Waals surface area contributed by atoms with E-state index in [1.54, 1.807) is 0 Å². The molecule has 0 unspecified atom stereocenters. The van der Waals surface area contributed by atoms with Crippen molar-refractivity contribution in [2.24, 2.45) is 4.99 Å². The van der Waals surface area contributed by atoms with E-state index in [1.807, 2.05) is 0 Å². The number of anilines is 1. The molecule has 2 aliphatic heterocycles. The zero-order valence-electron chi connectivity index (χ0n) is 16.1. The Hall–Kier alpha value is -2.01. The second-order valence-corrected chi connectivity index (χ2v) is 7.07. The van der Waals surface area contributed by atoms with Gasteiger partial charge in [0.05, 0.1) is 6.54 Å². The minimum atomic E-state index is 0.703. The number of nitrogens with one attached hydrogen (secondary N) is 2. The maximum atomic E-state index is 4.78. The molecule has 0 bridgehead atoms. The van der Waals surface area contributed by atoms with E-state index in [1.165, 1.54) is 43.6 Å². The lowest BCUT2D eigenvalue weighted by Crippen LogP contribution is -2.42. The maximum Gasteiger partial charge on any atom is 0.191 e. The lowest BCUT2D eigenvalue weighted by molar-refractivity contribution is 0.232. The molecule has 3 rings (SSSR count). The Balaban J connectivity index is 1.50. The standard InChI is InChI=1S/C21H33N5/c1-2-22-21(23-11-16-25-12-4-3-5-13-25)24-18-19-9-8-10-20(17-19)26-14-6-7-15-26/h6-10,17H,2-5,11-16,18H2,1H3,(H2,22,23,24). The molecule has 5 nitrogen and oxygen atoms in total. The van der Waals surface area contributed by atoms with Gasteiger partial charge >= 0.3 is 0 Å². The van der Waals surface area contributed by atoms with Gasteiger partial charge in [-0.3, -0.25) is 0 Å². The smallest absolute Gasteiger partial charge is 0.191 e. The van der Waals surface area contributed by atoms with Crippen molar-refractivity contribution in [1.29, 1.82) is 0 Å². The molecule has 142 valence electrons. The summed E-state index contributed by atoms with van der Waals surface area (Å²) in [5.41, 5.74) is 2.54. The first-order valence-corrected chi connectivity index (χ1v) is 10.1. The van der Waals surface area contributed by atoms with Crippen LogP contribution in [0, 0.1) is 0 Å². The predicted octanol–water partition coefficient (Wildman–Crippen LogP) is 2.60. The van der Waals surface area contributed by atoms with Crippen LogP contribution in [-0.4, -0.2) is 56.7 Å². The van der Waals surface area contributed by atoms with E-state index in [4.69, 9.17) is 4.99 Å². The van der Waals surface area contributed by atoms with Gasteiger partial charge in [-0.25, -0.2) is 4.99 Å². The van der Waals surface area contributed by atoms with E-state index in [9.17, 15) is 0 Å². The number of aliphatic imine (C=N–C) groups is 1. The number of hydrogen-bond donors (Lipinski definition) is 2. The first-order valence-electron chi connectivity index (χ1n) is 10.1. The molecule has 2 aliphatic rings. The summed E-state index contributed by atoms with van der Waals surface area (Å²) in [6.07, 6.45) is 8.52. The highest BCUT2D eigenvalue weighted by Gasteiger charge is 2.10.